The number of hydrogen-bond acceptors (Lipinski definition) is 4. The number of fused-ring (bicyclic) bond motifs is 2. The molecular weight excluding hydrogens is 334 g/mol. The molecule has 4 rings (SSSR count). The fourth-order valence-electron chi connectivity index (χ4n) is 3.94. The summed E-state index contributed by atoms with van der Waals surface area (Å²) in [5.41, 5.74) is 1.60. The minimum absolute atomic E-state index is 0.0415. The van der Waals surface area contributed by atoms with Crippen LogP contribution in [-0.2, 0) is 16.6 Å². The van der Waals surface area contributed by atoms with Crippen molar-refractivity contribution in [2.45, 2.75) is 18.6 Å². The molecule has 138 valence electrons. The van der Waals surface area contributed by atoms with Crippen molar-refractivity contribution in [1.82, 2.24) is 14.4 Å². The molecule has 2 atom stereocenters. The first kappa shape index (κ1) is 16.9. The van der Waals surface area contributed by atoms with Gasteiger partial charge in [-0.05, 0) is 24.3 Å². The summed E-state index contributed by atoms with van der Waals surface area (Å²) in [7, 11) is 5.32. The van der Waals surface area contributed by atoms with Crippen molar-refractivity contribution in [3.63, 3.8) is 0 Å². The number of aryl methyl sites for hydroxylation is 1. The summed E-state index contributed by atoms with van der Waals surface area (Å²) < 4.78 is 13.0. The minimum atomic E-state index is -0.120. The Hall–Kier alpha value is -2.54. The van der Waals surface area contributed by atoms with E-state index in [9.17, 15) is 9.59 Å². The lowest BCUT2D eigenvalue weighted by Gasteiger charge is -2.25. The van der Waals surface area contributed by atoms with Crippen molar-refractivity contribution < 1.29 is 19.1 Å². The molecule has 2 saturated heterocycles. The first-order valence-electron chi connectivity index (χ1n) is 8.79. The van der Waals surface area contributed by atoms with Gasteiger partial charge in [-0.15, -0.1) is 0 Å². The Morgan fingerprint density at radius 1 is 1.23 bits per heavy atom. The van der Waals surface area contributed by atoms with E-state index in [1.807, 2.05) is 35.9 Å². The normalized spacial score (nSPS) is 23.3. The van der Waals surface area contributed by atoms with Crippen molar-refractivity contribution in [2.24, 2.45) is 7.05 Å². The number of rotatable bonds is 2. The predicted octanol–water partition coefficient (Wildman–Crippen LogP) is 1.26. The molecule has 3 heterocycles. The smallest absolute Gasteiger partial charge is 0.270 e. The van der Waals surface area contributed by atoms with Gasteiger partial charge in [0.05, 0.1) is 32.3 Å². The molecule has 7 nitrogen and oxygen atoms in total. The summed E-state index contributed by atoms with van der Waals surface area (Å²) in [6.07, 6.45) is 0.285. The number of likely N-dealkylation sites (N-methyl/N-ethyl adjacent to an activating group) is 1. The van der Waals surface area contributed by atoms with Gasteiger partial charge in [0.1, 0.15) is 11.4 Å². The molecule has 0 aliphatic carbocycles. The van der Waals surface area contributed by atoms with Crippen molar-refractivity contribution in [2.75, 3.05) is 33.9 Å². The summed E-state index contributed by atoms with van der Waals surface area (Å²) in [5, 5.41) is 0.965. The molecule has 2 amide bonds. The van der Waals surface area contributed by atoms with Gasteiger partial charge in [-0.25, -0.2) is 0 Å². The van der Waals surface area contributed by atoms with Gasteiger partial charge in [-0.3, -0.25) is 9.59 Å². The quantitative estimate of drug-likeness (QED) is 0.812. The molecule has 0 spiro atoms. The minimum Gasteiger partial charge on any atom is -0.497 e. The van der Waals surface area contributed by atoms with Gasteiger partial charge in [0, 0.05) is 38.1 Å². The molecule has 2 aromatic rings. The molecule has 0 saturated carbocycles. The van der Waals surface area contributed by atoms with E-state index in [4.69, 9.17) is 9.47 Å². The Morgan fingerprint density at radius 3 is 2.81 bits per heavy atom. The number of aromatic nitrogens is 1. The Balaban J connectivity index is 1.61. The van der Waals surface area contributed by atoms with Crippen LogP contribution in [0.2, 0.25) is 0 Å². The molecule has 1 aromatic carbocycles. The van der Waals surface area contributed by atoms with Crippen LogP contribution in [0.25, 0.3) is 10.9 Å². The van der Waals surface area contributed by atoms with Gasteiger partial charge in [0.2, 0.25) is 5.91 Å². The van der Waals surface area contributed by atoms with Gasteiger partial charge >= 0.3 is 0 Å². The molecule has 0 radical (unpaired) electrons. The van der Waals surface area contributed by atoms with E-state index < -0.39 is 0 Å². The average Bonchev–Trinajstić information content (AvgIpc) is 3.18. The van der Waals surface area contributed by atoms with Gasteiger partial charge in [-0.1, -0.05) is 0 Å². The highest BCUT2D eigenvalue weighted by atomic mass is 16.5. The van der Waals surface area contributed by atoms with Crippen LogP contribution in [0.15, 0.2) is 24.3 Å². The maximum absolute atomic E-state index is 13.1. The number of carbonyl (C=O) groups excluding carboxylic acids is 2. The molecule has 2 aliphatic heterocycles. The number of carbonyl (C=O) groups is 2. The second-order valence-corrected chi connectivity index (χ2v) is 6.95. The van der Waals surface area contributed by atoms with Crippen LogP contribution in [0.4, 0.5) is 0 Å². The zero-order valence-corrected chi connectivity index (χ0v) is 15.3. The first-order valence-corrected chi connectivity index (χ1v) is 8.79. The van der Waals surface area contributed by atoms with Crippen LogP contribution < -0.4 is 4.74 Å². The SMILES string of the molecule is COc1ccc2c(c1)cc(C(=O)N1C[C@@H]3OCCC(=O)N(C)[C@H]3C1)n2C. The van der Waals surface area contributed by atoms with Gasteiger partial charge < -0.3 is 23.8 Å². The van der Waals surface area contributed by atoms with E-state index in [-0.39, 0.29) is 24.0 Å². The Labute approximate surface area is 152 Å². The number of nitrogens with zero attached hydrogens (tertiary/aromatic N) is 3. The highest BCUT2D eigenvalue weighted by Crippen LogP contribution is 2.27. The summed E-state index contributed by atoms with van der Waals surface area (Å²) in [5.74, 6) is 0.794. The molecule has 2 fully saturated rings. The lowest BCUT2D eigenvalue weighted by Crippen LogP contribution is -2.43. The lowest BCUT2D eigenvalue weighted by molar-refractivity contribution is -0.131. The Morgan fingerprint density at radius 2 is 2.04 bits per heavy atom. The van der Waals surface area contributed by atoms with Crippen molar-refractivity contribution in [3.8, 4) is 5.75 Å². The molecule has 0 unspecified atom stereocenters. The van der Waals surface area contributed by atoms with Crippen molar-refractivity contribution >= 4 is 22.7 Å². The maximum atomic E-state index is 13.1. The topological polar surface area (TPSA) is 64.0 Å². The maximum Gasteiger partial charge on any atom is 0.270 e. The number of amides is 2. The lowest BCUT2D eigenvalue weighted by atomic mass is 10.2. The zero-order valence-electron chi connectivity index (χ0n) is 15.3. The van der Waals surface area contributed by atoms with Crippen LogP contribution in [0.5, 0.6) is 5.75 Å². The number of ether oxygens (including phenoxy) is 2. The van der Waals surface area contributed by atoms with Gasteiger partial charge in [0.25, 0.3) is 5.91 Å². The molecule has 26 heavy (non-hydrogen) atoms. The fraction of sp³-hybridized carbons (Fsp3) is 0.474. The summed E-state index contributed by atoms with van der Waals surface area (Å²) in [6.45, 7) is 1.42. The summed E-state index contributed by atoms with van der Waals surface area (Å²) >= 11 is 0. The van der Waals surface area contributed by atoms with E-state index >= 15 is 0 Å². The molecule has 0 N–H and O–H groups in total. The molecule has 1 aromatic heterocycles. The van der Waals surface area contributed by atoms with E-state index in [0.29, 0.717) is 31.8 Å². The van der Waals surface area contributed by atoms with Gasteiger partial charge in [0.15, 0.2) is 0 Å². The summed E-state index contributed by atoms with van der Waals surface area (Å²) in [4.78, 5) is 28.7. The first-order chi connectivity index (χ1) is 12.5. The third-order valence-corrected chi connectivity index (χ3v) is 5.53. The number of hydrogen-bond donors (Lipinski definition) is 0. The van der Waals surface area contributed by atoms with E-state index in [1.54, 1.807) is 24.0 Å². The van der Waals surface area contributed by atoms with Crippen molar-refractivity contribution in [1.29, 1.82) is 0 Å². The van der Waals surface area contributed by atoms with Crippen LogP contribution in [0.3, 0.4) is 0 Å². The van der Waals surface area contributed by atoms with Gasteiger partial charge in [-0.2, -0.15) is 0 Å². The van der Waals surface area contributed by atoms with Crippen LogP contribution in [0.1, 0.15) is 16.9 Å². The van der Waals surface area contributed by atoms with E-state index in [2.05, 4.69) is 0 Å². The van der Waals surface area contributed by atoms with Crippen LogP contribution in [0, 0.1) is 0 Å². The molecule has 0 bridgehead atoms. The van der Waals surface area contributed by atoms with Crippen LogP contribution >= 0.6 is 0 Å². The molecule has 7 heteroatoms. The Bertz CT molecular complexity index is 875. The predicted molar refractivity (Wildman–Crippen MR) is 96.3 cm³/mol. The van der Waals surface area contributed by atoms with Crippen molar-refractivity contribution in [3.05, 3.63) is 30.0 Å². The highest BCUT2D eigenvalue weighted by Gasteiger charge is 2.42. The number of likely N-dealkylation sites (tertiary alicyclic amines) is 1. The molecular formula is C19H23N3O4. The zero-order chi connectivity index (χ0) is 18.4. The Kier molecular flexibility index (Phi) is 4.11. The third kappa shape index (κ3) is 2.63. The van der Waals surface area contributed by atoms with E-state index in [1.165, 1.54) is 0 Å². The average molecular weight is 357 g/mol. The second-order valence-electron chi connectivity index (χ2n) is 6.95. The number of benzene rings is 1. The largest absolute Gasteiger partial charge is 0.497 e. The highest BCUT2D eigenvalue weighted by molar-refractivity contribution is 5.99. The third-order valence-electron chi connectivity index (χ3n) is 5.53. The molecule has 2 aliphatic rings. The monoisotopic (exact) mass is 357 g/mol. The standard InChI is InChI=1S/C19H23N3O4/c1-20-14-5-4-13(25-3)8-12(14)9-15(20)19(24)22-10-16-17(11-22)26-7-6-18(23)21(16)2/h4-5,8-9,16-17H,6-7,10-11H2,1-3H3/t16-,17-/m0/s1. The van der Waals surface area contributed by atoms with E-state index in [0.717, 1.165) is 16.7 Å². The summed E-state index contributed by atoms with van der Waals surface area (Å²) in [6, 6.07) is 7.58. The number of methoxy groups -OCH3 is 1. The fourth-order valence-corrected chi connectivity index (χ4v) is 3.94. The second kappa shape index (κ2) is 6.32. The van der Waals surface area contributed by atoms with Crippen LogP contribution in [-0.4, -0.2) is 72.2 Å².